The molecule has 2 aromatic rings. The molecule has 0 amide bonds. The molecule has 1 heterocycles. The monoisotopic (exact) mass is 216 g/mol. The quantitative estimate of drug-likeness (QED) is 0.836. The topological polar surface area (TPSA) is 38.0 Å². The molecule has 16 heavy (non-hydrogen) atoms. The standard InChI is InChI=1S/C13H16N2O/c1-9-5-4-6-10(2)13(9)15-11(3)12(8-16)7-14-15/h4-7,16H,8H2,1-3H3. The predicted molar refractivity (Wildman–Crippen MR) is 63.7 cm³/mol. The average Bonchev–Trinajstić information content (AvgIpc) is 2.60. The molecule has 0 fully saturated rings. The zero-order valence-electron chi connectivity index (χ0n) is 9.86. The summed E-state index contributed by atoms with van der Waals surface area (Å²) in [6.45, 7) is 6.16. The van der Waals surface area contributed by atoms with Crippen molar-refractivity contribution in [1.82, 2.24) is 9.78 Å². The van der Waals surface area contributed by atoms with Crippen LogP contribution in [-0.2, 0) is 6.61 Å². The van der Waals surface area contributed by atoms with E-state index in [0.29, 0.717) is 0 Å². The van der Waals surface area contributed by atoms with E-state index in [4.69, 9.17) is 5.11 Å². The molecule has 3 nitrogen and oxygen atoms in total. The molecule has 0 bridgehead atoms. The summed E-state index contributed by atoms with van der Waals surface area (Å²) >= 11 is 0. The first-order chi connectivity index (χ1) is 7.65. The van der Waals surface area contributed by atoms with Crippen LogP contribution in [0.1, 0.15) is 22.4 Å². The average molecular weight is 216 g/mol. The Hall–Kier alpha value is -1.61. The Bertz CT molecular complexity index is 494. The normalized spacial score (nSPS) is 10.8. The van der Waals surface area contributed by atoms with Crippen molar-refractivity contribution in [2.75, 3.05) is 0 Å². The van der Waals surface area contributed by atoms with Gasteiger partial charge in [-0.15, -0.1) is 0 Å². The largest absolute Gasteiger partial charge is 0.392 e. The molecule has 0 aliphatic heterocycles. The number of rotatable bonds is 2. The van der Waals surface area contributed by atoms with Gasteiger partial charge in [0.1, 0.15) is 0 Å². The predicted octanol–water partition coefficient (Wildman–Crippen LogP) is 2.29. The molecule has 84 valence electrons. The van der Waals surface area contributed by atoms with Crippen LogP contribution in [0.15, 0.2) is 24.4 Å². The SMILES string of the molecule is Cc1cccc(C)c1-n1ncc(CO)c1C. The number of nitrogens with zero attached hydrogens (tertiary/aromatic N) is 2. The Kier molecular flexibility index (Phi) is 2.79. The first-order valence-electron chi connectivity index (χ1n) is 5.36. The third-order valence-corrected chi connectivity index (χ3v) is 2.93. The summed E-state index contributed by atoms with van der Waals surface area (Å²) in [5.74, 6) is 0. The van der Waals surface area contributed by atoms with Crippen LogP contribution in [0.25, 0.3) is 5.69 Å². The summed E-state index contributed by atoms with van der Waals surface area (Å²) in [6, 6.07) is 6.18. The lowest BCUT2D eigenvalue weighted by atomic mass is 10.1. The molecule has 0 saturated carbocycles. The van der Waals surface area contributed by atoms with Gasteiger partial charge in [0.25, 0.3) is 0 Å². The smallest absolute Gasteiger partial charge is 0.0715 e. The number of aliphatic hydroxyl groups is 1. The molecule has 2 rings (SSSR count). The second kappa shape index (κ2) is 4.10. The summed E-state index contributed by atoms with van der Waals surface area (Å²) in [5.41, 5.74) is 5.37. The van der Waals surface area contributed by atoms with Crippen molar-refractivity contribution >= 4 is 0 Å². The van der Waals surface area contributed by atoms with Gasteiger partial charge in [-0.3, -0.25) is 0 Å². The van der Waals surface area contributed by atoms with E-state index < -0.39 is 0 Å². The Balaban J connectivity index is 2.63. The summed E-state index contributed by atoms with van der Waals surface area (Å²) in [6.07, 6.45) is 1.72. The van der Waals surface area contributed by atoms with E-state index in [0.717, 1.165) is 16.9 Å². The van der Waals surface area contributed by atoms with E-state index in [1.165, 1.54) is 11.1 Å². The van der Waals surface area contributed by atoms with E-state index >= 15 is 0 Å². The van der Waals surface area contributed by atoms with E-state index in [2.05, 4.69) is 31.1 Å². The van der Waals surface area contributed by atoms with Crippen molar-refractivity contribution in [3.05, 3.63) is 46.8 Å². The van der Waals surface area contributed by atoms with Gasteiger partial charge in [-0.25, -0.2) is 4.68 Å². The van der Waals surface area contributed by atoms with Crippen LogP contribution in [0.4, 0.5) is 0 Å². The van der Waals surface area contributed by atoms with Crippen molar-refractivity contribution in [2.45, 2.75) is 27.4 Å². The lowest BCUT2D eigenvalue weighted by molar-refractivity contribution is 0.281. The van der Waals surface area contributed by atoms with Crippen molar-refractivity contribution in [1.29, 1.82) is 0 Å². The first-order valence-corrected chi connectivity index (χ1v) is 5.36. The maximum Gasteiger partial charge on any atom is 0.0715 e. The highest BCUT2D eigenvalue weighted by atomic mass is 16.3. The Labute approximate surface area is 95.3 Å². The van der Waals surface area contributed by atoms with Crippen molar-refractivity contribution in [3.8, 4) is 5.69 Å². The van der Waals surface area contributed by atoms with Crippen LogP contribution < -0.4 is 0 Å². The highest BCUT2D eigenvalue weighted by Crippen LogP contribution is 2.21. The summed E-state index contributed by atoms with van der Waals surface area (Å²) in [5, 5.41) is 13.5. The molecule has 0 atom stereocenters. The van der Waals surface area contributed by atoms with Gasteiger partial charge in [0, 0.05) is 11.3 Å². The maximum atomic E-state index is 9.16. The molecule has 0 unspecified atom stereocenters. The Morgan fingerprint density at radius 1 is 1.19 bits per heavy atom. The number of hydrogen-bond donors (Lipinski definition) is 1. The fraction of sp³-hybridized carbons (Fsp3) is 0.308. The fourth-order valence-corrected chi connectivity index (χ4v) is 1.96. The zero-order chi connectivity index (χ0) is 11.7. The van der Waals surface area contributed by atoms with Crippen LogP contribution in [0.3, 0.4) is 0 Å². The number of hydrogen-bond acceptors (Lipinski definition) is 2. The molecular formula is C13H16N2O. The molecule has 0 aliphatic carbocycles. The molecule has 0 spiro atoms. The van der Waals surface area contributed by atoms with Crippen molar-refractivity contribution in [3.63, 3.8) is 0 Å². The number of aromatic nitrogens is 2. The van der Waals surface area contributed by atoms with Crippen LogP contribution in [0.2, 0.25) is 0 Å². The highest BCUT2D eigenvalue weighted by molar-refractivity contribution is 5.47. The lowest BCUT2D eigenvalue weighted by Crippen LogP contribution is -2.04. The second-order valence-electron chi connectivity index (χ2n) is 4.07. The van der Waals surface area contributed by atoms with Gasteiger partial charge in [-0.2, -0.15) is 5.10 Å². The molecule has 0 saturated heterocycles. The van der Waals surface area contributed by atoms with E-state index in [1.807, 2.05) is 17.7 Å². The molecule has 3 heteroatoms. The van der Waals surface area contributed by atoms with Gasteiger partial charge in [-0.05, 0) is 31.9 Å². The van der Waals surface area contributed by atoms with Gasteiger partial charge >= 0.3 is 0 Å². The molecule has 1 N–H and O–H groups in total. The number of aliphatic hydroxyl groups excluding tert-OH is 1. The molecule has 1 aromatic heterocycles. The van der Waals surface area contributed by atoms with E-state index in [-0.39, 0.29) is 6.61 Å². The van der Waals surface area contributed by atoms with Gasteiger partial charge in [0.05, 0.1) is 18.5 Å². The lowest BCUT2D eigenvalue weighted by Gasteiger charge is -2.11. The highest BCUT2D eigenvalue weighted by Gasteiger charge is 2.10. The molecule has 0 aliphatic rings. The number of para-hydroxylation sites is 1. The van der Waals surface area contributed by atoms with Crippen LogP contribution in [0.5, 0.6) is 0 Å². The third-order valence-electron chi connectivity index (χ3n) is 2.93. The van der Waals surface area contributed by atoms with Crippen LogP contribution >= 0.6 is 0 Å². The van der Waals surface area contributed by atoms with Crippen LogP contribution in [0, 0.1) is 20.8 Å². The second-order valence-corrected chi connectivity index (χ2v) is 4.07. The van der Waals surface area contributed by atoms with E-state index in [9.17, 15) is 0 Å². The van der Waals surface area contributed by atoms with Gasteiger partial charge in [0.2, 0.25) is 0 Å². The minimum atomic E-state index is 0.0385. The van der Waals surface area contributed by atoms with Gasteiger partial charge in [-0.1, -0.05) is 18.2 Å². The first kappa shape index (κ1) is 10.9. The Morgan fingerprint density at radius 2 is 1.81 bits per heavy atom. The summed E-state index contributed by atoms with van der Waals surface area (Å²) in [4.78, 5) is 0. The molecule has 0 radical (unpaired) electrons. The van der Waals surface area contributed by atoms with Gasteiger partial charge in [0.15, 0.2) is 0 Å². The molecular weight excluding hydrogens is 200 g/mol. The molecule has 1 aromatic carbocycles. The summed E-state index contributed by atoms with van der Waals surface area (Å²) < 4.78 is 1.90. The maximum absolute atomic E-state index is 9.16. The fourth-order valence-electron chi connectivity index (χ4n) is 1.96. The van der Waals surface area contributed by atoms with Gasteiger partial charge < -0.3 is 5.11 Å². The van der Waals surface area contributed by atoms with Crippen LogP contribution in [-0.4, -0.2) is 14.9 Å². The number of aryl methyl sites for hydroxylation is 2. The minimum absolute atomic E-state index is 0.0385. The minimum Gasteiger partial charge on any atom is -0.392 e. The van der Waals surface area contributed by atoms with E-state index in [1.54, 1.807) is 6.20 Å². The van der Waals surface area contributed by atoms with Crippen molar-refractivity contribution < 1.29 is 5.11 Å². The number of benzene rings is 1. The van der Waals surface area contributed by atoms with Crippen molar-refractivity contribution in [2.24, 2.45) is 0 Å². The summed E-state index contributed by atoms with van der Waals surface area (Å²) in [7, 11) is 0. The Morgan fingerprint density at radius 3 is 2.31 bits per heavy atom. The zero-order valence-corrected chi connectivity index (χ0v) is 9.86. The third kappa shape index (κ3) is 1.63.